The number of anilines is 1. The van der Waals surface area contributed by atoms with E-state index in [9.17, 15) is 4.79 Å². The van der Waals surface area contributed by atoms with Crippen LogP contribution in [0.15, 0.2) is 16.7 Å². The fourth-order valence-electron chi connectivity index (χ4n) is 1.19. The van der Waals surface area contributed by atoms with Crippen LogP contribution < -0.4 is 10.1 Å². The number of pyridine rings is 1. The van der Waals surface area contributed by atoms with Gasteiger partial charge in [-0.1, -0.05) is 0 Å². The molecule has 0 bridgehead atoms. The molecular weight excluding hydrogens is 316 g/mol. The van der Waals surface area contributed by atoms with E-state index in [-0.39, 0.29) is 19.1 Å². The molecule has 0 spiro atoms. The number of halogens is 1. The van der Waals surface area contributed by atoms with Crippen molar-refractivity contribution in [1.82, 2.24) is 4.98 Å². The third-order valence-electron chi connectivity index (χ3n) is 1.78. The van der Waals surface area contributed by atoms with Gasteiger partial charge in [0.1, 0.15) is 17.9 Å². The first kappa shape index (κ1) is 15.7. The van der Waals surface area contributed by atoms with Gasteiger partial charge >= 0.3 is 6.09 Å². The average molecular weight is 333 g/mol. The molecule has 0 aliphatic carbocycles. The average Bonchev–Trinajstić information content (AvgIpc) is 2.25. The van der Waals surface area contributed by atoms with Gasteiger partial charge in [0.05, 0.1) is 6.61 Å². The molecule has 0 aromatic carbocycles. The van der Waals surface area contributed by atoms with Crippen molar-refractivity contribution >= 4 is 27.7 Å². The largest absolute Gasteiger partial charge is 0.474 e. The Morgan fingerprint density at radius 2 is 2.21 bits per heavy atom. The van der Waals surface area contributed by atoms with E-state index in [1.165, 1.54) is 6.20 Å². The number of carbonyl (C=O) groups excluding carboxylic acids is 1. The molecule has 6 nitrogen and oxygen atoms in total. The first-order chi connectivity index (χ1) is 8.81. The fraction of sp³-hybridized carbons (Fsp3) is 0.500. The third kappa shape index (κ3) is 5.89. The predicted molar refractivity (Wildman–Crippen MR) is 74.4 cm³/mol. The molecule has 19 heavy (non-hydrogen) atoms. The van der Waals surface area contributed by atoms with Gasteiger partial charge in [-0.25, -0.2) is 9.78 Å². The van der Waals surface area contributed by atoms with Gasteiger partial charge in [0, 0.05) is 10.7 Å². The Morgan fingerprint density at radius 3 is 2.79 bits per heavy atom. The van der Waals surface area contributed by atoms with Gasteiger partial charge in [-0.3, -0.25) is 5.32 Å². The van der Waals surface area contributed by atoms with Crippen molar-refractivity contribution in [1.29, 1.82) is 0 Å². The van der Waals surface area contributed by atoms with Gasteiger partial charge in [0.2, 0.25) is 5.88 Å². The summed E-state index contributed by atoms with van der Waals surface area (Å²) in [4.78, 5) is 15.7. The van der Waals surface area contributed by atoms with Crippen molar-refractivity contribution in [3.05, 3.63) is 16.7 Å². The zero-order valence-electron chi connectivity index (χ0n) is 11.1. The number of nitrogens with one attached hydrogen (secondary N) is 1. The lowest BCUT2D eigenvalue weighted by atomic mass is 10.2. The van der Waals surface area contributed by atoms with E-state index in [0.717, 1.165) is 0 Å². The SMILES string of the molecule is CC(C)(C)OC(=O)Nc1cc(Br)cnc1OCCO. The third-order valence-corrected chi connectivity index (χ3v) is 2.22. The van der Waals surface area contributed by atoms with Gasteiger partial charge in [-0.15, -0.1) is 0 Å². The minimum atomic E-state index is -0.596. The Kier molecular flexibility index (Phi) is 5.56. The Bertz CT molecular complexity index is 446. The molecule has 0 aliphatic heterocycles. The van der Waals surface area contributed by atoms with Crippen LogP contribution in [0, 0.1) is 0 Å². The fourth-order valence-corrected chi connectivity index (χ4v) is 1.52. The minimum absolute atomic E-state index is 0.0949. The Hall–Kier alpha value is -1.34. The molecule has 1 aromatic rings. The Morgan fingerprint density at radius 1 is 1.53 bits per heavy atom. The smallest absolute Gasteiger partial charge is 0.412 e. The highest BCUT2D eigenvalue weighted by Crippen LogP contribution is 2.25. The van der Waals surface area contributed by atoms with Crippen LogP contribution in [0.1, 0.15) is 20.8 Å². The monoisotopic (exact) mass is 332 g/mol. The number of amides is 1. The maximum atomic E-state index is 11.7. The molecule has 1 rings (SSSR count). The molecule has 106 valence electrons. The maximum absolute atomic E-state index is 11.7. The van der Waals surface area contributed by atoms with Gasteiger partial charge in [-0.05, 0) is 42.8 Å². The molecule has 2 N–H and O–H groups in total. The van der Waals surface area contributed by atoms with Crippen molar-refractivity contribution in [3.8, 4) is 5.88 Å². The Balaban J connectivity index is 2.80. The minimum Gasteiger partial charge on any atom is -0.474 e. The number of nitrogens with zero attached hydrogens (tertiary/aromatic N) is 1. The van der Waals surface area contributed by atoms with Crippen molar-refractivity contribution < 1.29 is 19.4 Å². The summed E-state index contributed by atoms with van der Waals surface area (Å²) >= 11 is 3.26. The van der Waals surface area contributed by atoms with E-state index in [1.807, 2.05) is 0 Å². The van der Waals surface area contributed by atoms with Gasteiger partial charge in [0.25, 0.3) is 0 Å². The molecule has 1 aromatic heterocycles. The summed E-state index contributed by atoms with van der Waals surface area (Å²) in [6.45, 7) is 5.28. The van der Waals surface area contributed by atoms with Crippen LogP contribution in [0.25, 0.3) is 0 Å². The molecule has 0 aliphatic rings. The topological polar surface area (TPSA) is 80.7 Å². The van der Waals surface area contributed by atoms with E-state index in [2.05, 4.69) is 26.2 Å². The lowest BCUT2D eigenvalue weighted by molar-refractivity contribution is 0.0635. The normalized spacial score (nSPS) is 11.0. The van der Waals surface area contributed by atoms with Crippen LogP contribution >= 0.6 is 15.9 Å². The zero-order valence-corrected chi connectivity index (χ0v) is 12.7. The first-order valence-corrected chi connectivity index (χ1v) is 6.50. The summed E-state index contributed by atoms with van der Waals surface area (Å²) in [5.41, 5.74) is -0.215. The molecule has 0 radical (unpaired) electrons. The highest BCUT2D eigenvalue weighted by Gasteiger charge is 2.18. The van der Waals surface area contributed by atoms with Crippen molar-refractivity contribution in [2.45, 2.75) is 26.4 Å². The number of ether oxygens (including phenoxy) is 2. The highest BCUT2D eigenvalue weighted by molar-refractivity contribution is 9.10. The number of hydrogen-bond acceptors (Lipinski definition) is 5. The number of aromatic nitrogens is 1. The molecule has 0 atom stereocenters. The molecular formula is C12H17BrN2O4. The van der Waals surface area contributed by atoms with Gasteiger partial charge in [-0.2, -0.15) is 0 Å². The second kappa shape index (κ2) is 6.72. The maximum Gasteiger partial charge on any atom is 0.412 e. The molecule has 0 fully saturated rings. The lowest BCUT2D eigenvalue weighted by Crippen LogP contribution is -2.27. The number of aliphatic hydroxyl groups excluding tert-OH is 1. The van der Waals surface area contributed by atoms with E-state index in [1.54, 1.807) is 26.8 Å². The first-order valence-electron chi connectivity index (χ1n) is 5.71. The van der Waals surface area contributed by atoms with Crippen LogP contribution in [0.5, 0.6) is 5.88 Å². The summed E-state index contributed by atoms with van der Waals surface area (Å²) < 4.78 is 11.1. The highest BCUT2D eigenvalue weighted by atomic mass is 79.9. The molecule has 0 saturated carbocycles. The van der Waals surface area contributed by atoms with Crippen LogP contribution in [0.2, 0.25) is 0 Å². The van der Waals surface area contributed by atoms with Crippen LogP contribution in [-0.2, 0) is 4.74 Å². The Labute approximate surface area is 120 Å². The lowest BCUT2D eigenvalue weighted by Gasteiger charge is -2.20. The van der Waals surface area contributed by atoms with Crippen molar-refractivity contribution in [3.63, 3.8) is 0 Å². The quantitative estimate of drug-likeness (QED) is 0.885. The molecule has 0 unspecified atom stereocenters. The van der Waals surface area contributed by atoms with Crippen molar-refractivity contribution in [2.24, 2.45) is 0 Å². The van der Waals surface area contributed by atoms with E-state index in [0.29, 0.717) is 10.2 Å². The summed E-state index contributed by atoms with van der Waals surface area (Å²) in [7, 11) is 0. The summed E-state index contributed by atoms with van der Waals surface area (Å²) in [6, 6.07) is 1.64. The van der Waals surface area contributed by atoms with Crippen molar-refractivity contribution in [2.75, 3.05) is 18.5 Å². The summed E-state index contributed by atoms with van der Waals surface area (Å²) in [5.74, 6) is 0.225. The van der Waals surface area contributed by atoms with E-state index >= 15 is 0 Å². The molecule has 7 heteroatoms. The van der Waals surface area contributed by atoms with Crippen LogP contribution in [0.3, 0.4) is 0 Å². The number of rotatable bonds is 4. The van der Waals surface area contributed by atoms with E-state index < -0.39 is 11.7 Å². The number of carbonyl (C=O) groups is 1. The predicted octanol–water partition coefficient (Wildman–Crippen LogP) is 2.56. The second-order valence-electron chi connectivity index (χ2n) is 4.71. The van der Waals surface area contributed by atoms with Gasteiger partial charge in [0.15, 0.2) is 0 Å². The van der Waals surface area contributed by atoms with Gasteiger partial charge < -0.3 is 14.6 Å². The standard InChI is InChI=1S/C12H17BrN2O4/c1-12(2,3)19-11(17)15-9-6-8(13)7-14-10(9)18-5-4-16/h6-7,16H,4-5H2,1-3H3,(H,15,17). The second-order valence-corrected chi connectivity index (χ2v) is 5.62. The summed E-state index contributed by atoms with van der Waals surface area (Å²) in [6.07, 6.45) is 0.939. The molecule has 1 heterocycles. The summed E-state index contributed by atoms with van der Waals surface area (Å²) in [5, 5.41) is 11.3. The number of hydrogen-bond donors (Lipinski definition) is 2. The van der Waals surface area contributed by atoms with Crippen LogP contribution in [-0.4, -0.2) is 35.0 Å². The number of aliphatic hydroxyl groups is 1. The molecule has 0 saturated heterocycles. The molecule has 1 amide bonds. The zero-order chi connectivity index (χ0) is 14.5. The van der Waals surface area contributed by atoms with Crippen LogP contribution in [0.4, 0.5) is 10.5 Å². The van der Waals surface area contributed by atoms with E-state index in [4.69, 9.17) is 14.6 Å².